The zero-order valence-corrected chi connectivity index (χ0v) is 16.6. The molecule has 27 heavy (non-hydrogen) atoms. The lowest BCUT2D eigenvalue weighted by Gasteiger charge is -2.18. The topological polar surface area (TPSA) is 84.9 Å². The summed E-state index contributed by atoms with van der Waals surface area (Å²) in [5, 5.41) is 2.80. The van der Waals surface area contributed by atoms with Crippen molar-refractivity contribution in [3.05, 3.63) is 54.1 Å². The van der Waals surface area contributed by atoms with Crippen molar-refractivity contribution in [2.24, 2.45) is 0 Å². The van der Waals surface area contributed by atoms with Crippen LogP contribution in [0.3, 0.4) is 0 Å². The van der Waals surface area contributed by atoms with E-state index < -0.39 is 16.1 Å². The van der Waals surface area contributed by atoms with E-state index in [1.807, 2.05) is 18.2 Å². The first-order valence-electron chi connectivity index (χ1n) is 8.30. The van der Waals surface area contributed by atoms with Gasteiger partial charge in [-0.05, 0) is 48.9 Å². The van der Waals surface area contributed by atoms with Crippen molar-refractivity contribution in [1.82, 2.24) is 0 Å². The second-order valence-corrected chi connectivity index (χ2v) is 8.12. The van der Waals surface area contributed by atoms with E-state index in [1.165, 1.54) is 11.4 Å². The smallest absolute Gasteiger partial charge is 0.265 e. The molecule has 0 aliphatic carbocycles. The van der Waals surface area contributed by atoms with Gasteiger partial charge in [-0.1, -0.05) is 12.1 Å². The summed E-state index contributed by atoms with van der Waals surface area (Å²) in [7, 11) is -0.246. The highest BCUT2D eigenvalue weighted by atomic mass is 32.2. The molecule has 8 heteroatoms. The van der Waals surface area contributed by atoms with E-state index in [4.69, 9.17) is 9.47 Å². The Balaban J connectivity index is 1.99. The summed E-state index contributed by atoms with van der Waals surface area (Å²) >= 11 is 0. The first kappa shape index (κ1) is 20.7. The molecule has 7 nitrogen and oxygen atoms in total. The van der Waals surface area contributed by atoms with Gasteiger partial charge in [0.05, 0.1) is 18.6 Å². The van der Waals surface area contributed by atoms with Crippen molar-refractivity contribution in [3.8, 4) is 5.75 Å². The molecule has 0 radical (unpaired) electrons. The quantitative estimate of drug-likeness (QED) is 0.746. The molecule has 0 aromatic heterocycles. The second kappa shape index (κ2) is 8.88. The van der Waals surface area contributed by atoms with Gasteiger partial charge in [0.1, 0.15) is 5.75 Å². The summed E-state index contributed by atoms with van der Waals surface area (Å²) < 4.78 is 35.0. The normalized spacial score (nSPS) is 12.3. The SMILES string of the molecule is COCc1cccc(NC(=O)C(C)Oc2ccc(N(C)S(C)(=O)=O)cc2)c1. The van der Waals surface area contributed by atoms with E-state index in [2.05, 4.69) is 5.32 Å². The Hall–Kier alpha value is -2.58. The van der Waals surface area contributed by atoms with Gasteiger partial charge in [-0.3, -0.25) is 9.10 Å². The number of hydrogen-bond acceptors (Lipinski definition) is 5. The highest BCUT2D eigenvalue weighted by Gasteiger charge is 2.16. The number of methoxy groups -OCH3 is 1. The van der Waals surface area contributed by atoms with E-state index in [9.17, 15) is 13.2 Å². The number of carbonyl (C=O) groups excluding carboxylic acids is 1. The molecule has 146 valence electrons. The van der Waals surface area contributed by atoms with Crippen LogP contribution in [0.25, 0.3) is 0 Å². The molecule has 0 aliphatic heterocycles. The molecule has 0 spiro atoms. The molecule has 2 aromatic carbocycles. The van der Waals surface area contributed by atoms with E-state index in [0.717, 1.165) is 11.8 Å². The molecule has 0 saturated heterocycles. The van der Waals surface area contributed by atoms with Crippen LogP contribution in [0, 0.1) is 0 Å². The summed E-state index contributed by atoms with van der Waals surface area (Å²) in [5.41, 5.74) is 2.13. The van der Waals surface area contributed by atoms with Crippen LogP contribution in [-0.4, -0.2) is 40.8 Å². The van der Waals surface area contributed by atoms with Crippen molar-refractivity contribution in [2.75, 3.05) is 30.0 Å². The largest absolute Gasteiger partial charge is 0.481 e. The van der Waals surface area contributed by atoms with Crippen LogP contribution in [0.5, 0.6) is 5.75 Å². The molecule has 0 saturated carbocycles. The highest BCUT2D eigenvalue weighted by molar-refractivity contribution is 7.92. The third kappa shape index (κ3) is 5.97. The molecule has 0 fully saturated rings. The van der Waals surface area contributed by atoms with E-state index >= 15 is 0 Å². The van der Waals surface area contributed by atoms with Crippen LogP contribution >= 0.6 is 0 Å². The number of hydrogen-bond donors (Lipinski definition) is 1. The first-order chi connectivity index (χ1) is 12.7. The van der Waals surface area contributed by atoms with Gasteiger partial charge in [0.25, 0.3) is 5.91 Å². The highest BCUT2D eigenvalue weighted by Crippen LogP contribution is 2.21. The average Bonchev–Trinajstić information content (AvgIpc) is 2.61. The average molecular weight is 392 g/mol. The molecule has 0 bridgehead atoms. The van der Waals surface area contributed by atoms with Crippen molar-refractivity contribution in [2.45, 2.75) is 19.6 Å². The lowest BCUT2D eigenvalue weighted by atomic mass is 10.2. The fourth-order valence-corrected chi connectivity index (χ4v) is 2.84. The number of sulfonamides is 1. The fraction of sp³-hybridized carbons (Fsp3) is 0.316. The third-order valence-electron chi connectivity index (χ3n) is 3.89. The van der Waals surface area contributed by atoms with Crippen LogP contribution in [0.4, 0.5) is 11.4 Å². The Morgan fingerprint density at radius 2 is 1.85 bits per heavy atom. The van der Waals surface area contributed by atoms with Gasteiger partial charge in [0, 0.05) is 19.8 Å². The molecule has 1 unspecified atom stereocenters. The van der Waals surface area contributed by atoms with Gasteiger partial charge in [-0.25, -0.2) is 8.42 Å². The third-order valence-corrected chi connectivity index (χ3v) is 5.09. The van der Waals surface area contributed by atoms with Crippen LogP contribution in [0.2, 0.25) is 0 Å². The Labute approximate surface area is 160 Å². The van der Waals surface area contributed by atoms with Gasteiger partial charge in [-0.15, -0.1) is 0 Å². The summed E-state index contributed by atoms with van der Waals surface area (Å²) in [4.78, 5) is 12.3. The number of benzene rings is 2. The van der Waals surface area contributed by atoms with Crippen LogP contribution in [0.1, 0.15) is 12.5 Å². The molecule has 2 aromatic rings. The van der Waals surface area contributed by atoms with Crippen LogP contribution in [0.15, 0.2) is 48.5 Å². The maximum absolute atomic E-state index is 12.3. The van der Waals surface area contributed by atoms with E-state index in [-0.39, 0.29) is 5.91 Å². The molecule has 2 rings (SSSR count). The number of nitrogens with zero attached hydrogens (tertiary/aromatic N) is 1. The maximum atomic E-state index is 12.3. The maximum Gasteiger partial charge on any atom is 0.265 e. The van der Waals surface area contributed by atoms with Gasteiger partial charge >= 0.3 is 0 Å². The zero-order chi connectivity index (χ0) is 20.0. The Morgan fingerprint density at radius 1 is 1.19 bits per heavy atom. The Bertz CT molecular complexity index is 881. The van der Waals surface area contributed by atoms with Gasteiger partial charge < -0.3 is 14.8 Å². The molecule has 0 aliphatic rings. The Morgan fingerprint density at radius 3 is 2.44 bits per heavy atom. The van der Waals surface area contributed by atoms with E-state index in [1.54, 1.807) is 44.4 Å². The second-order valence-electron chi connectivity index (χ2n) is 6.11. The van der Waals surface area contributed by atoms with E-state index in [0.29, 0.717) is 23.7 Å². The summed E-state index contributed by atoms with van der Waals surface area (Å²) in [6.45, 7) is 2.11. The summed E-state index contributed by atoms with van der Waals surface area (Å²) in [6.07, 6.45) is 0.403. The van der Waals surface area contributed by atoms with Crippen molar-refractivity contribution >= 4 is 27.3 Å². The molecular formula is C19H24N2O5S. The number of carbonyl (C=O) groups is 1. The number of anilines is 2. The van der Waals surface area contributed by atoms with Crippen LogP contribution < -0.4 is 14.4 Å². The first-order valence-corrected chi connectivity index (χ1v) is 10.1. The molecule has 1 atom stereocenters. The predicted octanol–water partition coefficient (Wildman–Crippen LogP) is 2.63. The van der Waals surface area contributed by atoms with Crippen LogP contribution in [-0.2, 0) is 26.2 Å². The summed E-state index contributed by atoms with van der Waals surface area (Å²) in [5.74, 6) is 0.179. The fourth-order valence-electron chi connectivity index (χ4n) is 2.33. The number of rotatable bonds is 8. The van der Waals surface area contributed by atoms with Crippen molar-refractivity contribution < 1.29 is 22.7 Å². The minimum absolute atomic E-state index is 0.290. The van der Waals surface area contributed by atoms with Gasteiger partial charge in [0.2, 0.25) is 10.0 Å². The van der Waals surface area contributed by atoms with Crippen molar-refractivity contribution in [3.63, 3.8) is 0 Å². The van der Waals surface area contributed by atoms with Gasteiger partial charge in [-0.2, -0.15) is 0 Å². The predicted molar refractivity (Wildman–Crippen MR) is 106 cm³/mol. The minimum Gasteiger partial charge on any atom is -0.481 e. The standard InChI is InChI=1S/C19H24N2O5S/c1-14(19(22)20-16-7-5-6-15(12-16)13-25-3)26-18-10-8-17(9-11-18)21(2)27(4,23)24/h5-12,14H,13H2,1-4H3,(H,20,22). The monoisotopic (exact) mass is 392 g/mol. The Kier molecular flexibility index (Phi) is 6.81. The number of amides is 1. The van der Waals surface area contributed by atoms with Gasteiger partial charge in [0.15, 0.2) is 6.10 Å². The molecule has 0 heterocycles. The number of nitrogens with one attached hydrogen (secondary N) is 1. The molecule has 1 N–H and O–H groups in total. The zero-order valence-electron chi connectivity index (χ0n) is 15.8. The van der Waals surface area contributed by atoms with Crippen molar-refractivity contribution in [1.29, 1.82) is 0 Å². The number of ether oxygens (including phenoxy) is 2. The lowest BCUT2D eigenvalue weighted by molar-refractivity contribution is -0.122. The molecule has 1 amide bonds. The summed E-state index contributed by atoms with van der Waals surface area (Å²) in [6, 6.07) is 13.9. The minimum atomic E-state index is -3.33. The molecular weight excluding hydrogens is 368 g/mol. The lowest BCUT2D eigenvalue weighted by Crippen LogP contribution is -2.30.